The van der Waals surface area contributed by atoms with Crippen LogP contribution in [0, 0.1) is 0 Å². The first-order valence-corrected chi connectivity index (χ1v) is 6.11. The van der Waals surface area contributed by atoms with E-state index < -0.39 is 0 Å². The number of benzene rings is 1. The van der Waals surface area contributed by atoms with Crippen LogP contribution in [0.2, 0.25) is 0 Å². The molecule has 1 aromatic carbocycles. The molecule has 100 valence electrons. The number of aromatic nitrogens is 2. The van der Waals surface area contributed by atoms with Crippen molar-refractivity contribution in [3.05, 3.63) is 36.7 Å². The average Bonchev–Trinajstić information content (AvgIpc) is 2.40. The molecular formula is C13H18N6. The van der Waals surface area contributed by atoms with E-state index >= 15 is 0 Å². The molecule has 0 aliphatic carbocycles. The van der Waals surface area contributed by atoms with Gasteiger partial charge in [0.2, 0.25) is 0 Å². The van der Waals surface area contributed by atoms with Gasteiger partial charge in [0.1, 0.15) is 12.0 Å². The molecule has 0 bridgehead atoms. The van der Waals surface area contributed by atoms with Crippen molar-refractivity contribution < 1.29 is 0 Å². The summed E-state index contributed by atoms with van der Waals surface area (Å²) in [5.41, 5.74) is 13.4. The molecule has 1 heterocycles. The smallest absolute Gasteiger partial charge is 0.173 e. The third-order valence-corrected chi connectivity index (χ3v) is 2.41. The van der Waals surface area contributed by atoms with Crippen LogP contribution in [0.15, 0.2) is 36.7 Å². The van der Waals surface area contributed by atoms with Gasteiger partial charge in [-0.05, 0) is 26.0 Å². The molecule has 5 N–H and O–H groups in total. The first-order chi connectivity index (χ1) is 9.16. The van der Waals surface area contributed by atoms with E-state index in [9.17, 15) is 0 Å². The molecule has 0 radical (unpaired) electrons. The highest BCUT2D eigenvalue weighted by molar-refractivity contribution is 5.75. The molecule has 0 aliphatic rings. The number of nitrogens with two attached hydrogens (primary N) is 1. The van der Waals surface area contributed by atoms with E-state index in [1.807, 2.05) is 44.2 Å². The Morgan fingerprint density at radius 1 is 1.00 bits per heavy atom. The minimum absolute atomic E-state index is 0.257. The normalized spacial score (nSPS) is 10.3. The fourth-order valence-corrected chi connectivity index (χ4v) is 1.54. The van der Waals surface area contributed by atoms with Gasteiger partial charge < -0.3 is 11.1 Å². The molecule has 0 amide bonds. The highest BCUT2D eigenvalue weighted by Crippen LogP contribution is 2.22. The van der Waals surface area contributed by atoms with E-state index in [-0.39, 0.29) is 6.04 Å². The van der Waals surface area contributed by atoms with Crippen LogP contribution in [0.3, 0.4) is 0 Å². The molecule has 19 heavy (non-hydrogen) atoms. The van der Waals surface area contributed by atoms with Crippen molar-refractivity contribution in [2.24, 2.45) is 0 Å². The monoisotopic (exact) mass is 258 g/mol. The summed E-state index contributed by atoms with van der Waals surface area (Å²) in [6.07, 6.45) is 1.47. The lowest BCUT2D eigenvalue weighted by molar-refractivity contribution is 0.887. The largest absolute Gasteiger partial charge is 0.393 e. The third kappa shape index (κ3) is 3.48. The second kappa shape index (κ2) is 5.90. The first kappa shape index (κ1) is 12.9. The van der Waals surface area contributed by atoms with Gasteiger partial charge in [-0.15, -0.1) is 0 Å². The predicted molar refractivity (Wildman–Crippen MR) is 78.9 cm³/mol. The van der Waals surface area contributed by atoms with E-state index in [4.69, 9.17) is 5.73 Å². The van der Waals surface area contributed by atoms with Crippen molar-refractivity contribution in [2.75, 3.05) is 21.9 Å². The maximum Gasteiger partial charge on any atom is 0.173 e. The summed E-state index contributed by atoms with van der Waals surface area (Å²) in [5, 5.41) is 3.17. The van der Waals surface area contributed by atoms with Crippen molar-refractivity contribution in [1.29, 1.82) is 0 Å². The quantitative estimate of drug-likeness (QED) is 0.616. The Kier molecular flexibility index (Phi) is 4.02. The average molecular weight is 258 g/mol. The van der Waals surface area contributed by atoms with Crippen molar-refractivity contribution in [1.82, 2.24) is 9.97 Å². The van der Waals surface area contributed by atoms with Gasteiger partial charge in [0.15, 0.2) is 11.6 Å². The van der Waals surface area contributed by atoms with E-state index in [1.54, 1.807) is 0 Å². The van der Waals surface area contributed by atoms with Gasteiger partial charge in [0, 0.05) is 6.04 Å². The molecule has 0 atom stereocenters. The summed E-state index contributed by atoms with van der Waals surface area (Å²) in [7, 11) is 0. The zero-order valence-corrected chi connectivity index (χ0v) is 11.0. The number of hydrogen-bond acceptors (Lipinski definition) is 6. The number of hydrazine groups is 1. The molecule has 0 unspecified atom stereocenters. The molecule has 0 fully saturated rings. The molecule has 0 spiro atoms. The molecular weight excluding hydrogens is 240 g/mol. The Morgan fingerprint density at radius 2 is 1.68 bits per heavy atom. The Morgan fingerprint density at radius 3 is 2.37 bits per heavy atom. The maximum atomic E-state index is 6.01. The van der Waals surface area contributed by atoms with Crippen LogP contribution in [0.4, 0.5) is 23.0 Å². The Labute approximate surface area is 112 Å². The lowest BCUT2D eigenvalue weighted by Crippen LogP contribution is -2.16. The van der Waals surface area contributed by atoms with Gasteiger partial charge in [-0.3, -0.25) is 10.9 Å². The van der Waals surface area contributed by atoms with E-state index in [0.29, 0.717) is 17.3 Å². The summed E-state index contributed by atoms with van der Waals surface area (Å²) < 4.78 is 0. The summed E-state index contributed by atoms with van der Waals surface area (Å²) in [4.78, 5) is 8.23. The standard InChI is InChI=1S/C13H18N6/c1-9(2)17-12-11(14)13(16-8-15-12)19-18-10-6-4-3-5-7-10/h3-9,18H,14H2,1-2H3,(H2,15,16,17,19). The maximum absolute atomic E-state index is 6.01. The molecule has 0 saturated carbocycles. The van der Waals surface area contributed by atoms with Gasteiger partial charge in [-0.2, -0.15) is 0 Å². The molecule has 0 saturated heterocycles. The molecule has 2 aromatic rings. The molecule has 6 nitrogen and oxygen atoms in total. The van der Waals surface area contributed by atoms with Gasteiger partial charge >= 0.3 is 0 Å². The van der Waals surface area contributed by atoms with Crippen LogP contribution in [0.5, 0.6) is 0 Å². The molecule has 1 aromatic heterocycles. The number of anilines is 4. The van der Waals surface area contributed by atoms with Crippen molar-refractivity contribution in [3.8, 4) is 0 Å². The number of nitrogen functional groups attached to an aromatic ring is 1. The van der Waals surface area contributed by atoms with E-state index in [2.05, 4.69) is 26.1 Å². The fourth-order valence-electron chi connectivity index (χ4n) is 1.54. The van der Waals surface area contributed by atoms with Crippen LogP contribution in [-0.2, 0) is 0 Å². The lowest BCUT2D eigenvalue weighted by Gasteiger charge is -2.15. The lowest BCUT2D eigenvalue weighted by atomic mass is 10.3. The van der Waals surface area contributed by atoms with Crippen molar-refractivity contribution in [3.63, 3.8) is 0 Å². The van der Waals surface area contributed by atoms with E-state index in [0.717, 1.165) is 5.69 Å². The second-order valence-corrected chi connectivity index (χ2v) is 4.40. The van der Waals surface area contributed by atoms with Crippen LogP contribution in [0.25, 0.3) is 0 Å². The second-order valence-electron chi connectivity index (χ2n) is 4.40. The van der Waals surface area contributed by atoms with Gasteiger partial charge in [-0.25, -0.2) is 9.97 Å². The number of nitrogens with one attached hydrogen (secondary N) is 3. The summed E-state index contributed by atoms with van der Waals surface area (Å²) in [6, 6.07) is 9.98. The zero-order valence-electron chi connectivity index (χ0n) is 11.0. The Bertz CT molecular complexity index is 526. The van der Waals surface area contributed by atoms with Gasteiger partial charge in [0.05, 0.1) is 5.69 Å². The van der Waals surface area contributed by atoms with Gasteiger partial charge in [-0.1, -0.05) is 18.2 Å². The Hall–Kier alpha value is -2.50. The SMILES string of the molecule is CC(C)Nc1ncnc(NNc2ccccc2)c1N. The minimum Gasteiger partial charge on any atom is -0.393 e. The van der Waals surface area contributed by atoms with E-state index in [1.165, 1.54) is 6.33 Å². The van der Waals surface area contributed by atoms with Crippen LogP contribution in [0.1, 0.15) is 13.8 Å². The highest BCUT2D eigenvalue weighted by Gasteiger charge is 2.08. The van der Waals surface area contributed by atoms with Crippen LogP contribution >= 0.6 is 0 Å². The molecule has 0 aliphatic heterocycles. The van der Waals surface area contributed by atoms with Crippen LogP contribution in [-0.4, -0.2) is 16.0 Å². The first-order valence-electron chi connectivity index (χ1n) is 6.11. The number of rotatable bonds is 5. The Balaban J connectivity index is 2.08. The van der Waals surface area contributed by atoms with Crippen LogP contribution < -0.4 is 21.9 Å². The summed E-state index contributed by atoms with van der Waals surface area (Å²) >= 11 is 0. The van der Waals surface area contributed by atoms with Crippen molar-refractivity contribution in [2.45, 2.75) is 19.9 Å². The molecule has 6 heteroatoms. The fraction of sp³-hybridized carbons (Fsp3) is 0.231. The zero-order chi connectivity index (χ0) is 13.7. The number of nitrogens with zero attached hydrogens (tertiary/aromatic N) is 2. The number of hydrogen-bond donors (Lipinski definition) is 4. The van der Waals surface area contributed by atoms with Crippen molar-refractivity contribution >= 4 is 23.0 Å². The predicted octanol–water partition coefficient (Wildman–Crippen LogP) is 2.32. The molecule has 2 rings (SSSR count). The third-order valence-electron chi connectivity index (χ3n) is 2.41. The highest BCUT2D eigenvalue weighted by atomic mass is 15.4. The summed E-state index contributed by atoms with van der Waals surface area (Å²) in [6.45, 7) is 4.05. The summed E-state index contributed by atoms with van der Waals surface area (Å²) in [5.74, 6) is 1.17. The minimum atomic E-state index is 0.257. The van der Waals surface area contributed by atoms with Gasteiger partial charge in [0.25, 0.3) is 0 Å². The topological polar surface area (TPSA) is 87.9 Å². The number of para-hydroxylation sites is 1.